The lowest BCUT2D eigenvalue weighted by molar-refractivity contribution is -0.169. The molecule has 1 N–H and O–H groups in total. The molecule has 6 rings (SSSR count). The third-order valence-electron chi connectivity index (χ3n) is 8.08. The molecule has 4 heterocycles. The zero-order valence-electron chi connectivity index (χ0n) is 23.1. The van der Waals surface area contributed by atoms with E-state index in [1.165, 1.54) is 5.56 Å². The molecule has 1 aromatic heterocycles. The number of carbonyl (C=O) groups excluding carboxylic acids is 1. The van der Waals surface area contributed by atoms with E-state index in [1.54, 1.807) is 11.8 Å². The lowest BCUT2D eigenvalue weighted by atomic mass is 10.0. The summed E-state index contributed by atoms with van der Waals surface area (Å²) in [5.41, 5.74) is 3.12. The second-order valence-corrected chi connectivity index (χ2v) is 12.3. The number of thioether (sulfide) groups is 1. The van der Waals surface area contributed by atoms with E-state index in [2.05, 4.69) is 44.4 Å². The Labute approximate surface area is 250 Å². The fraction of sp³-hybridized carbons (Fsp3) is 0.452. The van der Waals surface area contributed by atoms with E-state index in [1.807, 2.05) is 36.4 Å². The van der Waals surface area contributed by atoms with E-state index in [0.717, 1.165) is 69.8 Å². The molecule has 0 bridgehead atoms. The first kappa shape index (κ1) is 28.4. The van der Waals surface area contributed by atoms with Crippen LogP contribution in [0.2, 0.25) is 5.15 Å². The standard InChI is InChI=1S/C31H36ClN5O3S/c32-27-20-28(37-16-12-31(13-17-37)39-18-19-40-31)35-30(34-27)41-22-24-6-8-25(9-7-24)29(38)33-26-10-14-36(15-11-26)21-23-4-2-1-3-5-23/h1-9,20,26H,10-19,21-22H2,(H,33,38). The van der Waals surface area contributed by atoms with Gasteiger partial charge in [-0.3, -0.25) is 9.69 Å². The Morgan fingerprint density at radius 3 is 2.37 bits per heavy atom. The first-order valence-corrected chi connectivity index (χ1v) is 15.8. The SMILES string of the molecule is O=C(NC1CCN(Cc2ccccc2)CC1)c1ccc(CSc2nc(Cl)cc(N3CCC4(CC3)OCCO4)n2)cc1. The van der Waals surface area contributed by atoms with E-state index >= 15 is 0 Å². The largest absolute Gasteiger partial charge is 0.356 e. The number of nitrogens with zero attached hydrogens (tertiary/aromatic N) is 4. The molecule has 2 aromatic carbocycles. The Kier molecular flexibility index (Phi) is 9.07. The number of piperidine rings is 2. The fourth-order valence-corrected chi connectivity index (χ4v) is 6.76. The smallest absolute Gasteiger partial charge is 0.251 e. The molecule has 3 saturated heterocycles. The number of hydrogen-bond donors (Lipinski definition) is 1. The molecule has 0 radical (unpaired) electrons. The number of likely N-dealkylation sites (tertiary alicyclic amines) is 1. The summed E-state index contributed by atoms with van der Waals surface area (Å²) in [6.45, 7) is 5.88. The normalized spacial score (nSPS) is 19.5. The molecule has 3 aromatic rings. The van der Waals surface area contributed by atoms with Gasteiger partial charge in [-0.15, -0.1) is 0 Å². The Morgan fingerprint density at radius 1 is 0.951 bits per heavy atom. The van der Waals surface area contributed by atoms with Crippen LogP contribution in [0, 0.1) is 0 Å². The highest BCUT2D eigenvalue weighted by Crippen LogP contribution is 2.34. The zero-order valence-corrected chi connectivity index (χ0v) is 24.7. The summed E-state index contributed by atoms with van der Waals surface area (Å²) in [6.07, 6.45) is 3.55. The average molecular weight is 594 g/mol. The quantitative estimate of drug-likeness (QED) is 0.218. The molecule has 1 spiro atoms. The van der Waals surface area contributed by atoms with Crippen molar-refractivity contribution in [2.24, 2.45) is 0 Å². The van der Waals surface area contributed by atoms with Crippen LogP contribution in [0.3, 0.4) is 0 Å². The predicted octanol–water partition coefficient (Wildman–Crippen LogP) is 5.16. The lowest BCUT2D eigenvalue weighted by Gasteiger charge is -2.38. The first-order valence-electron chi connectivity index (χ1n) is 14.4. The van der Waals surface area contributed by atoms with Gasteiger partial charge in [0.25, 0.3) is 5.91 Å². The van der Waals surface area contributed by atoms with E-state index in [9.17, 15) is 4.79 Å². The molecule has 10 heteroatoms. The Hall–Kier alpha value is -2.69. The summed E-state index contributed by atoms with van der Waals surface area (Å²) < 4.78 is 11.7. The van der Waals surface area contributed by atoms with Crippen LogP contribution in [0.5, 0.6) is 0 Å². The highest BCUT2D eigenvalue weighted by atomic mass is 35.5. The fourth-order valence-electron chi connectivity index (χ4n) is 5.72. The maximum absolute atomic E-state index is 12.9. The molecule has 41 heavy (non-hydrogen) atoms. The van der Waals surface area contributed by atoms with Gasteiger partial charge in [0.15, 0.2) is 10.9 Å². The van der Waals surface area contributed by atoms with Gasteiger partial charge in [0.1, 0.15) is 11.0 Å². The van der Waals surface area contributed by atoms with Crippen LogP contribution in [-0.4, -0.2) is 72.0 Å². The maximum atomic E-state index is 12.9. The maximum Gasteiger partial charge on any atom is 0.251 e. The van der Waals surface area contributed by atoms with Crippen LogP contribution in [-0.2, 0) is 21.8 Å². The summed E-state index contributed by atoms with van der Waals surface area (Å²) in [5, 5.41) is 4.31. The number of hydrogen-bond acceptors (Lipinski definition) is 8. The van der Waals surface area contributed by atoms with Crippen LogP contribution in [0.15, 0.2) is 65.8 Å². The van der Waals surface area contributed by atoms with E-state index in [-0.39, 0.29) is 11.9 Å². The molecular weight excluding hydrogens is 558 g/mol. The molecule has 0 saturated carbocycles. The van der Waals surface area contributed by atoms with Crippen molar-refractivity contribution in [3.8, 4) is 0 Å². The molecule has 8 nitrogen and oxygen atoms in total. The lowest BCUT2D eigenvalue weighted by Crippen LogP contribution is -2.45. The van der Waals surface area contributed by atoms with Gasteiger partial charge in [-0.1, -0.05) is 65.8 Å². The van der Waals surface area contributed by atoms with Gasteiger partial charge < -0.3 is 19.7 Å². The first-order chi connectivity index (χ1) is 20.0. The number of benzene rings is 2. The number of carbonyl (C=O) groups is 1. The molecule has 0 aliphatic carbocycles. The van der Waals surface area contributed by atoms with Crippen LogP contribution in [0.25, 0.3) is 0 Å². The van der Waals surface area contributed by atoms with Crippen molar-refractivity contribution >= 4 is 35.1 Å². The van der Waals surface area contributed by atoms with Crippen molar-refractivity contribution < 1.29 is 14.3 Å². The molecule has 0 atom stereocenters. The molecule has 3 fully saturated rings. The minimum Gasteiger partial charge on any atom is -0.356 e. The number of rotatable bonds is 8. The number of ether oxygens (including phenoxy) is 2. The van der Waals surface area contributed by atoms with Crippen LogP contribution in [0.4, 0.5) is 5.82 Å². The number of amides is 1. The summed E-state index contributed by atoms with van der Waals surface area (Å²) >= 11 is 7.90. The van der Waals surface area contributed by atoms with Crippen LogP contribution < -0.4 is 10.2 Å². The van der Waals surface area contributed by atoms with Crippen LogP contribution in [0.1, 0.15) is 47.2 Å². The molecule has 216 valence electrons. The Balaban J connectivity index is 0.969. The number of anilines is 1. The topological polar surface area (TPSA) is 79.8 Å². The van der Waals surface area contributed by atoms with Crippen molar-refractivity contribution in [2.45, 2.75) is 55.0 Å². The number of nitrogens with one attached hydrogen (secondary N) is 1. The summed E-state index contributed by atoms with van der Waals surface area (Å²) in [5.74, 6) is 1.09. The second kappa shape index (κ2) is 13.1. The monoisotopic (exact) mass is 593 g/mol. The average Bonchev–Trinajstić information content (AvgIpc) is 3.45. The van der Waals surface area contributed by atoms with Crippen molar-refractivity contribution in [3.63, 3.8) is 0 Å². The second-order valence-electron chi connectivity index (χ2n) is 10.9. The molecule has 1 amide bonds. The molecule has 3 aliphatic rings. The van der Waals surface area contributed by atoms with E-state index in [0.29, 0.717) is 34.8 Å². The molecule has 3 aliphatic heterocycles. The van der Waals surface area contributed by atoms with Gasteiger partial charge >= 0.3 is 0 Å². The van der Waals surface area contributed by atoms with Gasteiger partial charge in [-0.25, -0.2) is 9.97 Å². The predicted molar refractivity (Wildman–Crippen MR) is 161 cm³/mol. The zero-order chi connectivity index (χ0) is 28.1. The summed E-state index contributed by atoms with van der Waals surface area (Å²) in [6, 6.07) is 20.4. The van der Waals surface area contributed by atoms with Crippen molar-refractivity contribution in [3.05, 3.63) is 82.5 Å². The minimum atomic E-state index is -0.423. The van der Waals surface area contributed by atoms with Gasteiger partial charge in [0.05, 0.1) is 13.2 Å². The Morgan fingerprint density at radius 2 is 1.66 bits per heavy atom. The third kappa shape index (κ3) is 7.40. The van der Waals surface area contributed by atoms with Gasteiger partial charge in [0, 0.05) is 69.0 Å². The molecular formula is C31H36ClN5O3S. The van der Waals surface area contributed by atoms with Gasteiger partial charge in [-0.2, -0.15) is 0 Å². The molecule has 0 unspecified atom stereocenters. The third-order valence-corrected chi connectivity index (χ3v) is 9.19. The van der Waals surface area contributed by atoms with Gasteiger partial charge in [0.2, 0.25) is 0 Å². The van der Waals surface area contributed by atoms with Crippen LogP contribution >= 0.6 is 23.4 Å². The Bertz CT molecular complexity index is 1310. The highest BCUT2D eigenvalue weighted by molar-refractivity contribution is 7.98. The van der Waals surface area contributed by atoms with Gasteiger partial charge in [-0.05, 0) is 36.1 Å². The minimum absolute atomic E-state index is 0.00903. The van der Waals surface area contributed by atoms with E-state index in [4.69, 9.17) is 26.1 Å². The van der Waals surface area contributed by atoms with Crippen molar-refractivity contribution in [2.75, 3.05) is 44.3 Å². The van der Waals surface area contributed by atoms with Crippen molar-refractivity contribution in [1.29, 1.82) is 0 Å². The van der Waals surface area contributed by atoms with E-state index < -0.39 is 5.79 Å². The number of aromatic nitrogens is 2. The number of halogens is 1. The van der Waals surface area contributed by atoms with Crippen molar-refractivity contribution in [1.82, 2.24) is 20.2 Å². The highest BCUT2D eigenvalue weighted by Gasteiger charge is 2.40. The summed E-state index contributed by atoms with van der Waals surface area (Å²) in [4.78, 5) is 26.8. The summed E-state index contributed by atoms with van der Waals surface area (Å²) in [7, 11) is 0.